The minimum atomic E-state index is -0.769. The third-order valence-electron chi connectivity index (χ3n) is 5.58. The number of carbonyl (C=O) groups excluding carboxylic acids is 2. The topological polar surface area (TPSA) is 62.3 Å². The van der Waals surface area contributed by atoms with Crippen LogP contribution in [-0.2, 0) is 29.1 Å². The highest BCUT2D eigenvalue weighted by molar-refractivity contribution is 5.89. The predicted molar refractivity (Wildman–Crippen MR) is 132 cm³/mol. The molecule has 0 aliphatic carbocycles. The fourth-order valence-corrected chi connectivity index (χ4v) is 3.87. The summed E-state index contributed by atoms with van der Waals surface area (Å²) in [5.74, 6) is -0.340. The number of hydrogen-bond donors (Lipinski definition) is 1. The number of nitrogens with one attached hydrogen (secondary N) is 1. The van der Waals surface area contributed by atoms with Crippen molar-refractivity contribution in [3.63, 3.8) is 0 Å². The summed E-state index contributed by atoms with van der Waals surface area (Å²) >= 11 is 0. The van der Waals surface area contributed by atoms with Crippen molar-refractivity contribution in [2.24, 2.45) is 0 Å². The van der Waals surface area contributed by atoms with Crippen molar-refractivity contribution in [3.8, 4) is 0 Å². The maximum atomic E-state index is 13.6. The van der Waals surface area contributed by atoms with Gasteiger partial charge in [-0.15, -0.1) is 0 Å². The minimum absolute atomic E-state index is 0.111. The number of benzene rings is 3. The maximum absolute atomic E-state index is 13.6. The van der Waals surface area contributed by atoms with Crippen molar-refractivity contribution in [2.75, 3.05) is 0 Å². The van der Waals surface area contributed by atoms with Crippen LogP contribution in [0.2, 0.25) is 0 Å². The number of pyridine rings is 1. The Morgan fingerprint density at radius 2 is 1.32 bits per heavy atom. The number of nitrogens with zero attached hydrogens (tertiary/aromatic N) is 2. The summed E-state index contributed by atoms with van der Waals surface area (Å²) < 4.78 is 0. The molecular formula is C29H27N3O2. The third-order valence-corrected chi connectivity index (χ3v) is 5.58. The summed E-state index contributed by atoms with van der Waals surface area (Å²) in [5, 5.41) is 3.01. The highest BCUT2D eigenvalue weighted by atomic mass is 16.2. The highest BCUT2D eigenvalue weighted by Crippen LogP contribution is 2.25. The highest BCUT2D eigenvalue weighted by Gasteiger charge is 2.31. The van der Waals surface area contributed by atoms with Crippen LogP contribution in [0, 0.1) is 0 Å². The summed E-state index contributed by atoms with van der Waals surface area (Å²) in [6, 6.07) is 31.8. The smallest absolute Gasteiger partial charge is 0.247 e. The van der Waals surface area contributed by atoms with E-state index in [2.05, 4.69) is 10.3 Å². The first-order chi connectivity index (χ1) is 16.7. The Balaban J connectivity index is 1.66. The molecule has 3 aromatic carbocycles. The van der Waals surface area contributed by atoms with Gasteiger partial charge in [0.25, 0.3) is 0 Å². The number of hydrogen-bond acceptors (Lipinski definition) is 3. The Morgan fingerprint density at radius 1 is 0.735 bits per heavy atom. The zero-order chi connectivity index (χ0) is 23.6. The Kier molecular flexibility index (Phi) is 7.80. The molecule has 0 bridgehead atoms. The summed E-state index contributed by atoms with van der Waals surface area (Å²) in [6.45, 7) is 0.661. The fraction of sp³-hybridized carbons (Fsp3) is 0.138. The molecule has 0 aliphatic heterocycles. The maximum Gasteiger partial charge on any atom is 0.247 e. The lowest BCUT2D eigenvalue weighted by Crippen LogP contribution is -2.43. The molecule has 4 rings (SSSR count). The molecule has 34 heavy (non-hydrogen) atoms. The van der Waals surface area contributed by atoms with E-state index in [1.807, 2.05) is 103 Å². The molecule has 0 fully saturated rings. The van der Waals surface area contributed by atoms with Crippen LogP contribution in [0.3, 0.4) is 0 Å². The van der Waals surface area contributed by atoms with Crippen LogP contribution in [-0.4, -0.2) is 21.7 Å². The van der Waals surface area contributed by atoms with Gasteiger partial charge in [0.05, 0.1) is 6.42 Å². The quantitative estimate of drug-likeness (QED) is 0.403. The molecule has 0 saturated carbocycles. The molecule has 0 saturated heterocycles. The Labute approximate surface area is 200 Å². The first-order valence-electron chi connectivity index (χ1n) is 11.3. The van der Waals surface area contributed by atoms with Gasteiger partial charge in [0.15, 0.2) is 0 Å². The van der Waals surface area contributed by atoms with E-state index in [1.165, 1.54) is 0 Å². The molecule has 1 aromatic heterocycles. The van der Waals surface area contributed by atoms with Crippen LogP contribution in [0.1, 0.15) is 28.3 Å². The molecule has 0 radical (unpaired) electrons. The van der Waals surface area contributed by atoms with Gasteiger partial charge >= 0.3 is 0 Å². The van der Waals surface area contributed by atoms with Gasteiger partial charge in [0.2, 0.25) is 11.8 Å². The van der Waals surface area contributed by atoms with E-state index >= 15 is 0 Å². The van der Waals surface area contributed by atoms with Gasteiger partial charge in [-0.3, -0.25) is 14.6 Å². The summed E-state index contributed by atoms with van der Waals surface area (Å²) in [5.41, 5.74) is 3.54. The van der Waals surface area contributed by atoms with E-state index in [1.54, 1.807) is 17.3 Å². The van der Waals surface area contributed by atoms with Gasteiger partial charge < -0.3 is 10.2 Å². The SMILES string of the molecule is O=C(NCc1cccnc1)[C@@H](c1ccccc1)N(Cc1ccccc1)C(=O)Cc1ccccc1. The molecule has 0 unspecified atom stereocenters. The third kappa shape index (κ3) is 6.17. The van der Waals surface area contributed by atoms with Crippen molar-refractivity contribution in [2.45, 2.75) is 25.6 Å². The van der Waals surface area contributed by atoms with Gasteiger partial charge in [-0.1, -0.05) is 97.1 Å². The van der Waals surface area contributed by atoms with Crippen molar-refractivity contribution in [1.82, 2.24) is 15.2 Å². The Hall–Kier alpha value is -4.25. The predicted octanol–water partition coefficient (Wildman–Crippen LogP) is 4.71. The molecular weight excluding hydrogens is 422 g/mol. The van der Waals surface area contributed by atoms with Crippen molar-refractivity contribution in [3.05, 3.63) is 138 Å². The lowest BCUT2D eigenvalue weighted by Gasteiger charge is -2.32. The Morgan fingerprint density at radius 3 is 1.94 bits per heavy atom. The minimum Gasteiger partial charge on any atom is -0.350 e. The largest absolute Gasteiger partial charge is 0.350 e. The van der Waals surface area contributed by atoms with Gasteiger partial charge in [-0.25, -0.2) is 0 Å². The summed E-state index contributed by atoms with van der Waals surface area (Å²) in [4.78, 5) is 33.0. The standard InChI is InChI=1S/C29H27N3O2/c33-27(19-23-11-4-1-5-12-23)32(22-24-13-6-2-7-14-24)28(26-16-8-3-9-17-26)29(34)31-21-25-15-10-18-30-20-25/h1-18,20,28H,19,21-22H2,(H,31,34)/t28-/m1/s1. The summed E-state index contributed by atoms with van der Waals surface area (Å²) in [6.07, 6.45) is 3.63. The lowest BCUT2D eigenvalue weighted by molar-refractivity contribution is -0.141. The first-order valence-corrected chi connectivity index (χ1v) is 11.3. The molecule has 4 aromatic rings. The number of carbonyl (C=O) groups is 2. The van der Waals surface area contributed by atoms with Crippen molar-refractivity contribution < 1.29 is 9.59 Å². The molecule has 1 heterocycles. The molecule has 0 spiro atoms. The second kappa shape index (κ2) is 11.6. The van der Waals surface area contributed by atoms with Gasteiger partial charge in [0.1, 0.15) is 6.04 Å². The van der Waals surface area contributed by atoms with Gasteiger partial charge in [-0.2, -0.15) is 0 Å². The van der Waals surface area contributed by atoms with Crippen molar-refractivity contribution >= 4 is 11.8 Å². The van der Waals surface area contributed by atoms with Crippen LogP contribution in [0.5, 0.6) is 0 Å². The van der Waals surface area contributed by atoms with E-state index in [0.717, 1.165) is 22.3 Å². The van der Waals surface area contributed by atoms with Crippen LogP contribution >= 0.6 is 0 Å². The number of rotatable bonds is 9. The Bertz CT molecular complexity index is 1180. The molecule has 5 nitrogen and oxygen atoms in total. The van der Waals surface area contributed by atoms with Crippen LogP contribution < -0.4 is 5.32 Å². The van der Waals surface area contributed by atoms with E-state index in [-0.39, 0.29) is 18.2 Å². The fourth-order valence-electron chi connectivity index (χ4n) is 3.87. The summed E-state index contributed by atoms with van der Waals surface area (Å²) in [7, 11) is 0. The van der Waals surface area contributed by atoms with Crippen LogP contribution in [0.15, 0.2) is 116 Å². The second-order valence-corrected chi connectivity index (χ2v) is 8.06. The van der Waals surface area contributed by atoms with Crippen LogP contribution in [0.4, 0.5) is 0 Å². The van der Waals surface area contributed by atoms with Crippen LogP contribution in [0.25, 0.3) is 0 Å². The average molecular weight is 450 g/mol. The number of aromatic nitrogens is 1. The lowest BCUT2D eigenvalue weighted by atomic mass is 10.0. The van der Waals surface area contributed by atoms with Gasteiger partial charge in [0, 0.05) is 25.5 Å². The van der Waals surface area contributed by atoms with Gasteiger partial charge in [-0.05, 0) is 28.3 Å². The molecule has 0 aliphatic rings. The molecule has 170 valence electrons. The normalized spacial score (nSPS) is 11.4. The first kappa shape index (κ1) is 22.9. The van der Waals surface area contributed by atoms with E-state index < -0.39 is 6.04 Å². The monoisotopic (exact) mass is 449 g/mol. The zero-order valence-electron chi connectivity index (χ0n) is 18.9. The van der Waals surface area contributed by atoms with Crippen molar-refractivity contribution in [1.29, 1.82) is 0 Å². The molecule has 1 atom stereocenters. The van der Waals surface area contributed by atoms with E-state index in [9.17, 15) is 9.59 Å². The second-order valence-electron chi connectivity index (χ2n) is 8.06. The number of amides is 2. The molecule has 5 heteroatoms. The molecule has 2 amide bonds. The average Bonchev–Trinajstić information content (AvgIpc) is 2.89. The van der Waals surface area contributed by atoms with E-state index in [0.29, 0.717) is 13.1 Å². The zero-order valence-corrected chi connectivity index (χ0v) is 18.9. The van der Waals surface area contributed by atoms with E-state index in [4.69, 9.17) is 0 Å². The molecule has 1 N–H and O–H groups in total.